The van der Waals surface area contributed by atoms with Crippen LogP contribution in [0.25, 0.3) is 0 Å². The largest absolute Gasteiger partial charge is 0.507 e. The molecule has 2 heteroatoms. The van der Waals surface area contributed by atoms with Crippen LogP contribution in [0.3, 0.4) is 0 Å². The summed E-state index contributed by atoms with van der Waals surface area (Å²) < 4.78 is 0. The second-order valence-electron chi connectivity index (χ2n) is 6.50. The van der Waals surface area contributed by atoms with Gasteiger partial charge in [-0.1, -0.05) is 26.0 Å². The number of rotatable bonds is 4. The number of hydrogen-bond donors (Lipinski definition) is 2. The fourth-order valence-corrected chi connectivity index (χ4v) is 3.54. The maximum Gasteiger partial charge on any atom is 0.121 e. The Hall–Kier alpha value is -1.96. The zero-order valence-corrected chi connectivity index (χ0v) is 15.2. The van der Waals surface area contributed by atoms with E-state index in [0.717, 1.165) is 41.5 Å². The van der Waals surface area contributed by atoms with Gasteiger partial charge in [0.1, 0.15) is 11.5 Å². The van der Waals surface area contributed by atoms with Crippen LogP contribution in [0.2, 0.25) is 0 Å². The first kappa shape index (κ1) is 17.4. The van der Waals surface area contributed by atoms with E-state index in [1.165, 1.54) is 22.3 Å². The molecular weight excluding hydrogens is 284 g/mol. The first-order valence-corrected chi connectivity index (χ1v) is 8.43. The minimum atomic E-state index is 0.415. The van der Waals surface area contributed by atoms with E-state index < -0.39 is 0 Å². The molecule has 2 rings (SSSR count). The third-order valence-electron chi connectivity index (χ3n) is 5.00. The third kappa shape index (κ3) is 3.08. The predicted octanol–water partition coefficient (Wildman–Crippen LogP) is 5.05. The summed E-state index contributed by atoms with van der Waals surface area (Å²) in [6, 6.07) is 4.14. The lowest BCUT2D eigenvalue weighted by molar-refractivity contribution is 0.462. The predicted molar refractivity (Wildman–Crippen MR) is 96.7 cm³/mol. The monoisotopic (exact) mass is 312 g/mol. The third-order valence-corrected chi connectivity index (χ3v) is 5.00. The van der Waals surface area contributed by atoms with Gasteiger partial charge in [-0.3, -0.25) is 0 Å². The molecule has 2 N–H and O–H groups in total. The number of hydrogen-bond acceptors (Lipinski definition) is 2. The highest BCUT2D eigenvalue weighted by atomic mass is 16.3. The van der Waals surface area contributed by atoms with E-state index in [2.05, 4.69) is 39.8 Å². The highest BCUT2D eigenvalue weighted by molar-refractivity contribution is 5.55. The van der Waals surface area contributed by atoms with Crippen LogP contribution >= 0.6 is 0 Å². The Labute approximate surface area is 139 Å². The van der Waals surface area contributed by atoms with Crippen molar-refractivity contribution in [1.82, 2.24) is 0 Å². The number of phenolic OH excluding ortho intramolecular Hbond substituents is 2. The fraction of sp³-hybridized carbons (Fsp3) is 0.429. The van der Waals surface area contributed by atoms with Crippen molar-refractivity contribution < 1.29 is 10.2 Å². The van der Waals surface area contributed by atoms with Gasteiger partial charge in [0.2, 0.25) is 0 Å². The number of aromatic hydroxyl groups is 2. The molecule has 0 amide bonds. The zero-order valence-electron chi connectivity index (χ0n) is 15.2. The molecule has 0 spiro atoms. The quantitative estimate of drug-likeness (QED) is 0.829. The van der Waals surface area contributed by atoms with Crippen molar-refractivity contribution in [1.29, 1.82) is 0 Å². The van der Waals surface area contributed by atoms with Gasteiger partial charge >= 0.3 is 0 Å². The Kier molecular flexibility index (Phi) is 5.03. The minimum Gasteiger partial charge on any atom is -0.507 e. The molecule has 124 valence electrons. The van der Waals surface area contributed by atoms with Crippen molar-refractivity contribution in [3.63, 3.8) is 0 Å². The Bertz CT molecular complexity index is 742. The van der Waals surface area contributed by atoms with Gasteiger partial charge in [-0.15, -0.1) is 0 Å². The van der Waals surface area contributed by atoms with Gasteiger partial charge in [-0.25, -0.2) is 0 Å². The Balaban J connectivity index is 2.61. The number of benzene rings is 2. The number of phenols is 2. The molecule has 0 radical (unpaired) electrons. The van der Waals surface area contributed by atoms with Crippen LogP contribution in [0.5, 0.6) is 11.5 Å². The molecule has 0 saturated carbocycles. The van der Waals surface area contributed by atoms with Gasteiger partial charge in [-0.05, 0) is 91.5 Å². The Morgan fingerprint density at radius 1 is 0.696 bits per heavy atom. The van der Waals surface area contributed by atoms with Crippen molar-refractivity contribution in [3.8, 4) is 11.5 Å². The average molecular weight is 312 g/mol. The lowest BCUT2D eigenvalue weighted by atomic mass is 9.87. The molecule has 0 aliphatic carbocycles. The van der Waals surface area contributed by atoms with Gasteiger partial charge in [-0.2, -0.15) is 0 Å². The van der Waals surface area contributed by atoms with Crippen molar-refractivity contribution in [2.45, 2.75) is 60.8 Å². The smallest absolute Gasteiger partial charge is 0.121 e. The molecule has 0 heterocycles. The highest BCUT2D eigenvalue weighted by Crippen LogP contribution is 2.35. The Morgan fingerprint density at radius 3 is 1.87 bits per heavy atom. The van der Waals surface area contributed by atoms with Crippen molar-refractivity contribution in [3.05, 3.63) is 56.6 Å². The standard InChI is InChI=1S/C21H28O2/c1-7-16-10-13(4)18(15(6)21(16)23)11-19-12(3)9-14(5)20(22)17(19)8-2/h9-10,22-23H,7-8,11H2,1-6H3. The normalized spacial score (nSPS) is 11.0. The molecule has 0 saturated heterocycles. The molecule has 2 nitrogen and oxygen atoms in total. The summed E-state index contributed by atoms with van der Waals surface area (Å²) in [6.45, 7) is 12.3. The first-order chi connectivity index (χ1) is 10.8. The molecule has 0 bridgehead atoms. The topological polar surface area (TPSA) is 40.5 Å². The molecule has 0 aliphatic heterocycles. The molecule has 2 aromatic rings. The van der Waals surface area contributed by atoms with Crippen LogP contribution in [-0.4, -0.2) is 10.2 Å². The van der Waals surface area contributed by atoms with Crippen molar-refractivity contribution in [2.24, 2.45) is 0 Å². The van der Waals surface area contributed by atoms with Gasteiger partial charge in [0, 0.05) is 0 Å². The lowest BCUT2D eigenvalue weighted by Gasteiger charge is -2.19. The van der Waals surface area contributed by atoms with Gasteiger partial charge in [0.25, 0.3) is 0 Å². The van der Waals surface area contributed by atoms with Crippen molar-refractivity contribution >= 4 is 0 Å². The van der Waals surface area contributed by atoms with Crippen LogP contribution in [0.15, 0.2) is 12.1 Å². The minimum absolute atomic E-state index is 0.415. The molecule has 0 aromatic heterocycles. The molecule has 23 heavy (non-hydrogen) atoms. The summed E-state index contributed by atoms with van der Waals surface area (Å²) in [5.41, 5.74) is 8.69. The van der Waals surface area contributed by atoms with Crippen LogP contribution < -0.4 is 0 Å². The van der Waals surface area contributed by atoms with Crippen molar-refractivity contribution in [2.75, 3.05) is 0 Å². The van der Waals surface area contributed by atoms with Gasteiger partial charge < -0.3 is 10.2 Å². The van der Waals surface area contributed by atoms with E-state index in [4.69, 9.17) is 0 Å². The van der Waals surface area contributed by atoms with E-state index in [9.17, 15) is 10.2 Å². The van der Waals surface area contributed by atoms with E-state index in [-0.39, 0.29) is 0 Å². The van der Waals surface area contributed by atoms with E-state index in [1.807, 2.05) is 13.8 Å². The molecule has 0 aliphatic rings. The SMILES string of the molecule is CCc1cc(C)c(Cc2c(C)cc(C)c(O)c2CC)c(C)c1O. The van der Waals surface area contributed by atoms with E-state index >= 15 is 0 Å². The summed E-state index contributed by atoms with van der Waals surface area (Å²) in [5.74, 6) is 0.831. The second-order valence-corrected chi connectivity index (χ2v) is 6.50. The van der Waals surface area contributed by atoms with Crippen LogP contribution in [0.1, 0.15) is 58.4 Å². The van der Waals surface area contributed by atoms with Crippen LogP contribution in [0.4, 0.5) is 0 Å². The van der Waals surface area contributed by atoms with Gasteiger partial charge in [0.05, 0.1) is 0 Å². The summed E-state index contributed by atoms with van der Waals surface area (Å²) in [6.07, 6.45) is 2.39. The second kappa shape index (κ2) is 6.66. The molecule has 0 fully saturated rings. The molecule has 0 unspecified atom stereocenters. The highest BCUT2D eigenvalue weighted by Gasteiger charge is 2.17. The lowest BCUT2D eigenvalue weighted by Crippen LogP contribution is -2.04. The summed E-state index contributed by atoms with van der Waals surface area (Å²) >= 11 is 0. The number of aryl methyl sites for hydroxylation is 4. The fourth-order valence-electron chi connectivity index (χ4n) is 3.54. The summed E-state index contributed by atoms with van der Waals surface area (Å²) in [5, 5.41) is 20.8. The first-order valence-electron chi connectivity index (χ1n) is 8.43. The summed E-state index contributed by atoms with van der Waals surface area (Å²) in [4.78, 5) is 0. The average Bonchev–Trinajstić information content (AvgIpc) is 2.52. The zero-order chi connectivity index (χ0) is 17.3. The van der Waals surface area contributed by atoms with Crippen LogP contribution in [0, 0.1) is 27.7 Å². The molecular formula is C21H28O2. The Morgan fingerprint density at radius 2 is 1.30 bits per heavy atom. The summed E-state index contributed by atoms with van der Waals surface area (Å²) in [7, 11) is 0. The molecule has 2 aromatic carbocycles. The van der Waals surface area contributed by atoms with Crippen LogP contribution in [-0.2, 0) is 19.3 Å². The van der Waals surface area contributed by atoms with E-state index in [1.54, 1.807) is 0 Å². The van der Waals surface area contributed by atoms with Gasteiger partial charge in [0.15, 0.2) is 0 Å². The maximum atomic E-state index is 10.4. The van der Waals surface area contributed by atoms with E-state index in [0.29, 0.717) is 11.5 Å². The molecule has 0 atom stereocenters. The maximum absolute atomic E-state index is 10.4.